The van der Waals surface area contributed by atoms with Crippen molar-refractivity contribution in [3.63, 3.8) is 0 Å². The molecule has 3 aromatic rings. The van der Waals surface area contributed by atoms with Crippen LogP contribution >= 0.6 is 12.2 Å². The minimum absolute atomic E-state index is 0.117. The lowest BCUT2D eigenvalue weighted by Gasteiger charge is -2.03. The van der Waals surface area contributed by atoms with Crippen molar-refractivity contribution in [2.24, 2.45) is 0 Å². The number of aryl methyl sites for hydroxylation is 3. The van der Waals surface area contributed by atoms with Gasteiger partial charge in [0.1, 0.15) is 5.52 Å². The number of H-pyrrole nitrogens is 1. The van der Waals surface area contributed by atoms with Gasteiger partial charge in [0.25, 0.3) is 0 Å². The summed E-state index contributed by atoms with van der Waals surface area (Å²) in [6, 6.07) is 2.52. The van der Waals surface area contributed by atoms with Gasteiger partial charge in [-0.15, -0.1) is 0 Å². The van der Waals surface area contributed by atoms with E-state index >= 15 is 0 Å². The molecule has 1 aromatic carbocycles. The lowest BCUT2D eigenvalue weighted by atomic mass is 10.3. The van der Waals surface area contributed by atoms with E-state index in [1.807, 2.05) is 0 Å². The van der Waals surface area contributed by atoms with Crippen LogP contribution in [0.25, 0.3) is 11.0 Å². The van der Waals surface area contributed by atoms with Gasteiger partial charge in [-0.25, -0.2) is 8.78 Å². The summed E-state index contributed by atoms with van der Waals surface area (Å²) in [5.74, 6) is -0.874. The molecular formula is C12H10F2N4OS. The predicted molar refractivity (Wildman–Crippen MR) is 69.8 cm³/mol. The Kier molecular flexibility index (Phi) is 3.09. The van der Waals surface area contributed by atoms with Gasteiger partial charge in [-0.2, -0.15) is 4.98 Å². The van der Waals surface area contributed by atoms with Crippen LogP contribution in [0.15, 0.2) is 16.7 Å². The van der Waals surface area contributed by atoms with E-state index in [1.54, 1.807) is 6.92 Å². The van der Waals surface area contributed by atoms with Gasteiger partial charge in [-0.3, -0.25) is 0 Å². The average Bonchev–Trinajstić information content (AvgIpc) is 2.95. The summed E-state index contributed by atoms with van der Waals surface area (Å²) in [4.78, 5) is 6.90. The molecule has 0 aliphatic heterocycles. The molecule has 3 rings (SSSR count). The van der Waals surface area contributed by atoms with E-state index in [-0.39, 0.29) is 5.52 Å². The number of halogens is 2. The SMILES string of the molecule is Cc1noc(CCn2c(=S)[nH]c3ccc(F)c(F)c32)n1. The van der Waals surface area contributed by atoms with Crippen LogP contribution in [-0.4, -0.2) is 19.7 Å². The molecule has 0 aliphatic carbocycles. The Labute approximate surface area is 117 Å². The smallest absolute Gasteiger partial charge is 0.228 e. The molecule has 20 heavy (non-hydrogen) atoms. The van der Waals surface area contributed by atoms with Gasteiger partial charge in [0.2, 0.25) is 5.89 Å². The molecule has 104 valence electrons. The van der Waals surface area contributed by atoms with Gasteiger partial charge >= 0.3 is 0 Å². The summed E-state index contributed by atoms with van der Waals surface area (Å²) in [7, 11) is 0. The third-order valence-corrected chi connectivity index (χ3v) is 3.27. The first-order valence-electron chi connectivity index (χ1n) is 5.92. The summed E-state index contributed by atoms with van der Waals surface area (Å²) in [5.41, 5.74) is 0.571. The van der Waals surface area contributed by atoms with Gasteiger partial charge in [-0.1, -0.05) is 5.16 Å². The molecule has 0 aliphatic rings. The monoisotopic (exact) mass is 296 g/mol. The number of imidazole rings is 1. The highest BCUT2D eigenvalue weighted by Crippen LogP contribution is 2.20. The van der Waals surface area contributed by atoms with Crippen molar-refractivity contribution >= 4 is 23.3 Å². The zero-order valence-electron chi connectivity index (χ0n) is 10.5. The topological polar surface area (TPSA) is 59.6 Å². The first kappa shape index (κ1) is 12.9. The highest BCUT2D eigenvalue weighted by molar-refractivity contribution is 7.71. The standard InChI is InChI=1S/C12H10F2N4OS/c1-6-15-9(19-17-6)4-5-18-11-8(16-12(18)20)3-2-7(13)10(11)14/h2-3H,4-5H2,1H3,(H,16,20). The fourth-order valence-corrected chi connectivity index (χ4v) is 2.34. The molecule has 8 heteroatoms. The average molecular weight is 296 g/mol. The number of aromatic amines is 1. The largest absolute Gasteiger partial charge is 0.339 e. The van der Waals surface area contributed by atoms with Crippen molar-refractivity contribution in [3.8, 4) is 0 Å². The Bertz CT molecular complexity index is 836. The molecule has 0 fully saturated rings. The molecule has 0 saturated heterocycles. The third kappa shape index (κ3) is 2.11. The van der Waals surface area contributed by atoms with E-state index in [2.05, 4.69) is 15.1 Å². The number of fused-ring (bicyclic) bond motifs is 1. The van der Waals surface area contributed by atoms with E-state index in [9.17, 15) is 8.78 Å². The molecule has 0 unspecified atom stereocenters. The summed E-state index contributed by atoms with van der Waals surface area (Å²) in [6.07, 6.45) is 0.387. The highest BCUT2D eigenvalue weighted by Gasteiger charge is 2.14. The molecule has 0 amide bonds. The minimum Gasteiger partial charge on any atom is -0.339 e. The van der Waals surface area contributed by atoms with Crippen molar-refractivity contribution in [1.29, 1.82) is 0 Å². The number of aromatic nitrogens is 4. The molecule has 5 nitrogen and oxygen atoms in total. The summed E-state index contributed by atoms with van der Waals surface area (Å²) < 4.78 is 34.0. The Morgan fingerprint density at radius 2 is 2.20 bits per heavy atom. The molecule has 1 N–H and O–H groups in total. The molecule has 0 bridgehead atoms. The normalized spacial score (nSPS) is 11.3. The van der Waals surface area contributed by atoms with Gasteiger partial charge in [0, 0.05) is 13.0 Å². The molecule has 2 aromatic heterocycles. The predicted octanol–water partition coefficient (Wildman–Crippen LogP) is 2.91. The molecule has 0 atom stereocenters. The van der Waals surface area contributed by atoms with Crippen LogP contribution in [0.3, 0.4) is 0 Å². The fraction of sp³-hybridized carbons (Fsp3) is 0.250. The zero-order valence-corrected chi connectivity index (χ0v) is 11.3. The number of rotatable bonds is 3. The van der Waals surface area contributed by atoms with Gasteiger partial charge in [0.15, 0.2) is 22.2 Å². The van der Waals surface area contributed by atoms with Gasteiger partial charge in [-0.05, 0) is 31.3 Å². The molecular weight excluding hydrogens is 286 g/mol. The maximum Gasteiger partial charge on any atom is 0.228 e. The lowest BCUT2D eigenvalue weighted by molar-refractivity contribution is 0.368. The second-order valence-electron chi connectivity index (χ2n) is 4.32. The minimum atomic E-state index is -0.920. The van der Waals surface area contributed by atoms with E-state index in [0.29, 0.717) is 35.0 Å². The van der Waals surface area contributed by atoms with Crippen LogP contribution in [0, 0.1) is 23.3 Å². The number of benzene rings is 1. The van der Waals surface area contributed by atoms with Crippen LogP contribution in [0.4, 0.5) is 8.78 Å². The third-order valence-electron chi connectivity index (χ3n) is 2.94. The number of nitrogens with one attached hydrogen (secondary N) is 1. The van der Waals surface area contributed by atoms with Crippen molar-refractivity contribution in [3.05, 3.63) is 40.3 Å². The van der Waals surface area contributed by atoms with Crippen LogP contribution in [0.2, 0.25) is 0 Å². The van der Waals surface area contributed by atoms with Gasteiger partial charge in [0.05, 0.1) is 5.52 Å². The van der Waals surface area contributed by atoms with Gasteiger partial charge < -0.3 is 14.1 Å². The Hall–Kier alpha value is -2.09. The van der Waals surface area contributed by atoms with Crippen molar-refractivity contribution in [1.82, 2.24) is 19.7 Å². The van der Waals surface area contributed by atoms with E-state index in [4.69, 9.17) is 16.7 Å². The van der Waals surface area contributed by atoms with E-state index in [0.717, 1.165) is 6.07 Å². The van der Waals surface area contributed by atoms with Crippen LogP contribution in [-0.2, 0) is 13.0 Å². The van der Waals surface area contributed by atoms with Crippen molar-refractivity contribution < 1.29 is 13.3 Å². The first-order valence-corrected chi connectivity index (χ1v) is 6.33. The Morgan fingerprint density at radius 1 is 1.40 bits per heavy atom. The van der Waals surface area contributed by atoms with E-state index in [1.165, 1.54) is 10.6 Å². The van der Waals surface area contributed by atoms with Crippen molar-refractivity contribution in [2.75, 3.05) is 0 Å². The van der Waals surface area contributed by atoms with E-state index < -0.39 is 11.6 Å². The van der Waals surface area contributed by atoms with Crippen LogP contribution in [0.1, 0.15) is 11.7 Å². The number of nitrogens with zero attached hydrogens (tertiary/aromatic N) is 3. The Morgan fingerprint density at radius 3 is 2.90 bits per heavy atom. The number of hydrogen-bond acceptors (Lipinski definition) is 4. The highest BCUT2D eigenvalue weighted by atomic mass is 32.1. The van der Waals surface area contributed by atoms with Crippen molar-refractivity contribution in [2.45, 2.75) is 19.9 Å². The quantitative estimate of drug-likeness (QED) is 0.755. The fourth-order valence-electron chi connectivity index (χ4n) is 2.05. The van der Waals surface area contributed by atoms with Crippen LogP contribution < -0.4 is 0 Å². The summed E-state index contributed by atoms with van der Waals surface area (Å²) in [6.45, 7) is 2.03. The second-order valence-corrected chi connectivity index (χ2v) is 4.71. The molecule has 0 spiro atoms. The molecule has 2 heterocycles. The van der Waals surface area contributed by atoms with Crippen LogP contribution in [0.5, 0.6) is 0 Å². The summed E-state index contributed by atoms with van der Waals surface area (Å²) in [5, 5.41) is 3.67. The summed E-state index contributed by atoms with van der Waals surface area (Å²) >= 11 is 5.13. The Balaban J connectivity index is 2.00. The molecule has 0 saturated carbocycles. The lowest BCUT2D eigenvalue weighted by Crippen LogP contribution is -2.03. The first-order chi connectivity index (χ1) is 9.56. The zero-order chi connectivity index (χ0) is 14.3. The maximum atomic E-state index is 13.9. The number of hydrogen-bond donors (Lipinski definition) is 1. The maximum absolute atomic E-state index is 13.9. The molecule has 0 radical (unpaired) electrons. The second kappa shape index (κ2) is 4.78.